The second-order valence-corrected chi connectivity index (χ2v) is 7.05. The highest BCUT2D eigenvalue weighted by Gasteiger charge is 2.19. The summed E-state index contributed by atoms with van der Waals surface area (Å²) in [5.41, 5.74) is 1.10. The number of benzene rings is 2. The molecule has 0 aliphatic heterocycles. The second-order valence-electron chi connectivity index (χ2n) is 5.09. The molecule has 1 heterocycles. The maximum atomic E-state index is 12.7. The van der Waals surface area contributed by atoms with E-state index in [2.05, 4.69) is 4.98 Å². The summed E-state index contributed by atoms with van der Waals surface area (Å²) in [5, 5.41) is 9.64. The quantitative estimate of drug-likeness (QED) is 0.796. The number of hydrogen-bond donors (Lipinski definition) is 1. The predicted octanol–water partition coefficient (Wildman–Crippen LogP) is 2.91. The van der Waals surface area contributed by atoms with Crippen molar-refractivity contribution in [2.24, 2.45) is 0 Å². The summed E-state index contributed by atoms with van der Waals surface area (Å²) in [5.74, 6) is -1.25. The number of carboxylic acids is 1. The molecule has 6 heteroatoms. The van der Waals surface area contributed by atoms with Crippen molar-refractivity contribution in [3.63, 3.8) is 0 Å². The first kappa shape index (κ1) is 15.2. The van der Waals surface area contributed by atoms with E-state index in [0.717, 1.165) is 5.39 Å². The summed E-state index contributed by atoms with van der Waals surface area (Å²) in [6.45, 7) is 0. The summed E-state index contributed by atoms with van der Waals surface area (Å²) in [6, 6.07) is 14.4. The van der Waals surface area contributed by atoms with Crippen molar-refractivity contribution in [3.05, 3.63) is 71.9 Å². The average Bonchev–Trinajstić information content (AvgIpc) is 2.54. The van der Waals surface area contributed by atoms with Gasteiger partial charge in [0.15, 0.2) is 9.84 Å². The van der Waals surface area contributed by atoms with E-state index in [0.29, 0.717) is 11.1 Å². The summed E-state index contributed by atoms with van der Waals surface area (Å²) in [6.07, 6.45) is 1.56. The number of carbonyl (C=O) groups is 1. The van der Waals surface area contributed by atoms with Crippen LogP contribution in [-0.2, 0) is 15.6 Å². The molecule has 0 spiro atoms. The van der Waals surface area contributed by atoms with Gasteiger partial charge in [-0.15, -0.1) is 0 Å². The topological polar surface area (TPSA) is 84.3 Å². The van der Waals surface area contributed by atoms with Gasteiger partial charge in [-0.3, -0.25) is 4.98 Å². The molecule has 0 fully saturated rings. The number of fused-ring (bicyclic) bond motifs is 1. The summed E-state index contributed by atoms with van der Waals surface area (Å²) >= 11 is 0. The fourth-order valence-corrected chi connectivity index (χ4v) is 3.91. The molecule has 1 aromatic heterocycles. The fraction of sp³-hybridized carbons (Fsp3) is 0.0588. The smallest absolute Gasteiger partial charge is 0.335 e. The van der Waals surface area contributed by atoms with Crippen LogP contribution >= 0.6 is 0 Å². The van der Waals surface area contributed by atoms with Crippen molar-refractivity contribution in [1.82, 2.24) is 4.98 Å². The summed E-state index contributed by atoms with van der Waals surface area (Å²) in [4.78, 5) is 15.2. The van der Waals surface area contributed by atoms with Crippen LogP contribution in [0.15, 0.2) is 65.7 Å². The molecule has 0 aliphatic rings. The molecule has 0 aliphatic carbocycles. The first-order valence-corrected chi connectivity index (χ1v) is 8.51. The number of aromatic nitrogens is 1. The Bertz CT molecular complexity index is 974. The van der Waals surface area contributed by atoms with Crippen LogP contribution in [0.4, 0.5) is 0 Å². The standard InChI is InChI=1S/C17H13NO4S/c19-17(20)14-8-6-12(7-9-14)11-23(21,22)15-5-1-3-13-4-2-10-18-16(13)15/h1-10H,11H2,(H,19,20). The van der Waals surface area contributed by atoms with Crippen molar-refractivity contribution in [2.75, 3.05) is 0 Å². The molecule has 0 radical (unpaired) electrons. The third-order valence-corrected chi connectivity index (χ3v) is 5.20. The SMILES string of the molecule is O=C(O)c1ccc(CS(=O)(=O)c2cccc3cccnc23)cc1. The zero-order chi connectivity index (χ0) is 16.4. The van der Waals surface area contributed by atoms with Crippen LogP contribution in [0, 0.1) is 0 Å². The van der Waals surface area contributed by atoms with E-state index >= 15 is 0 Å². The lowest BCUT2D eigenvalue weighted by molar-refractivity contribution is 0.0697. The van der Waals surface area contributed by atoms with E-state index in [1.807, 2.05) is 12.1 Å². The lowest BCUT2D eigenvalue weighted by Crippen LogP contribution is -2.06. The van der Waals surface area contributed by atoms with Crippen molar-refractivity contribution in [2.45, 2.75) is 10.6 Å². The Morgan fingerprint density at radius 3 is 2.39 bits per heavy atom. The number of pyridine rings is 1. The van der Waals surface area contributed by atoms with Gasteiger partial charge in [-0.1, -0.05) is 30.3 Å². The Morgan fingerprint density at radius 2 is 1.70 bits per heavy atom. The Morgan fingerprint density at radius 1 is 1.00 bits per heavy atom. The van der Waals surface area contributed by atoms with Crippen LogP contribution in [0.25, 0.3) is 10.9 Å². The third kappa shape index (κ3) is 3.07. The highest BCUT2D eigenvalue weighted by Crippen LogP contribution is 2.24. The third-order valence-electron chi connectivity index (χ3n) is 3.49. The minimum Gasteiger partial charge on any atom is -0.478 e. The molecule has 23 heavy (non-hydrogen) atoms. The van der Waals surface area contributed by atoms with Crippen LogP contribution < -0.4 is 0 Å². The van der Waals surface area contributed by atoms with Crippen LogP contribution in [0.5, 0.6) is 0 Å². The molecule has 0 amide bonds. The normalized spacial score (nSPS) is 11.5. The molecule has 3 aromatic rings. The lowest BCUT2D eigenvalue weighted by atomic mass is 10.1. The Balaban J connectivity index is 1.99. The molecule has 0 atom stereocenters. The van der Waals surface area contributed by atoms with E-state index in [1.54, 1.807) is 18.3 Å². The van der Waals surface area contributed by atoms with Gasteiger partial charge in [-0.05, 0) is 29.8 Å². The fourth-order valence-electron chi connectivity index (χ4n) is 2.37. The number of para-hydroxylation sites is 1. The van der Waals surface area contributed by atoms with Gasteiger partial charge in [0, 0.05) is 11.6 Å². The molecular weight excluding hydrogens is 314 g/mol. The molecular formula is C17H13NO4S. The van der Waals surface area contributed by atoms with E-state index in [1.165, 1.54) is 30.3 Å². The minimum atomic E-state index is -3.58. The van der Waals surface area contributed by atoms with Crippen molar-refractivity contribution < 1.29 is 18.3 Å². The lowest BCUT2D eigenvalue weighted by Gasteiger charge is -2.08. The molecule has 0 saturated carbocycles. The van der Waals surface area contributed by atoms with E-state index in [-0.39, 0.29) is 16.2 Å². The highest BCUT2D eigenvalue weighted by atomic mass is 32.2. The second kappa shape index (κ2) is 5.81. The first-order valence-electron chi connectivity index (χ1n) is 6.86. The molecule has 5 nitrogen and oxygen atoms in total. The maximum absolute atomic E-state index is 12.7. The minimum absolute atomic E-state index is 0.123. The highest BCUT2D eigenvalue weighted by molar-refractivity contribution is 7.90. The number of aromatic carboxylic acids is 1. The van der Waals surface area contributed by atoms with E-state index in [9.17, 15) is 13.2 Å². The number of hydrogen-bond acceptors (Lipinski definition) is 4. The Hall–Kier alpha value is -2.73. The molecule has 0 bridgehead atoms. The van der Waals surface area contributed by atoms with Gasteiger partial charge in [0.05, 0.1) is 21.7 Å². The van der Waals surface area contributed by atoms with Gasteiger partial charge in [0.2, 0.25) is 0 Å². The number of carboxylic acid groups (broad SMARTS) is 1. The van der Waals surface area contributed by atoms with Crippen molar-refractivity contribution >= 4 is 26.7 Å². The van der Waals surface area contributed by atoms with Crippen molar-refractivity contribution in [3.8, 4) is 0 Å². The molecule has 2 aromatic carbocycles. The van der Waals surface area contributed by atoms with Gasteiger partial charge in [0.1, 0.15) is 0 Å². The van der Waals surface area contributed by atoms with Gasteiger partial charge in [0.25, 0.3) is 0 Å². The molecule has 0 saturated heterocycles. The Kier molecular flexibility index (Phi) is 3.83. The summed E-state index contributed by atoms with van der Waals surface area (Å²) < 4.78 is 25.4. The number of nitrogens with zero attached hydrogens (tertiary/aromatic N) is 1. The van der Waals surface area contributed by atoms with Gasteiger partial charge in [-0.25, -0.2) is 13.2 Å². The van der Waals surface area contributed by atoms with Crippen LogP contribution in [0.2, 0.25) is 0 Å². The predicted molar refractivity (Wildman–Crippen MR) is 86.0 cm³/mol. The maximum Gasteiger partial charge on any atom is 0.335 e. The molecule has 116 valence electrons. The largest absolute Gasteiger partial charge is 0.478 e. The van der Waals surface area contributed by atoms with Crippen LogP contribution in [0.1, 0.15) is 15.9 Å². The van der Waals surface area contributed by atoms with Gasteiger partial charge < -0.3 is 5.11 Å². The average molecular weight is 327 g/mol. The van der Waals surface area contributed by atoms with Gasteiger partial charge >= 0.3 is 5.97 Å². The zero-order valence-electron chi connectivity index (χ0n) is 12.0. The zero-order valence-corrected chi connectivity index (χ0v) is 12.8. The summed E-state index contributed by atoms with van der Waals surface area (Å²) in [7, 11) is -3.58. The first-order chi connectivity index (χ1) is 11.0. The van der Waals surface area contributed by atoms with Crippen LogP contribution in [-0.4, -0.2) is 24.5 Å². The van der Waals surface area contributed by atoms with Gasteiger partial charge in [-0.2, -0.15) is 0 Å². The van der Waals surface area contributed by atoms with E-state index in [4.69, 9.17) is 5.11 Å². The molecule has 0 unspecified atom stereocenters. The van der Waals surface area contributed by atoms with Crippen molar-refractivity contribution in [1.29, 1.82) is 0 Å². The molecule has 3 rings (SSSR count). The molecule has 1 N–H and O–H groups in total. The monoisotopic (exact) mass is 327 g/mol. The van der Waals surface area contributed by atoms with Crippen LogP contribution in [0.3, 0.4) is 0 Å². The number of rotatable bonds is 4. The number of sulfone groups is 1. The van der Waals surface area contributed by atoms with E-state index < -0.39 is 15.8 Å². The Labute approximate surface area is 133 Å².